The van der Waals surface area contributed by atoms with Gasteiger partial charge in [0.15, 0.2) is 0 Å². The number of carboxylic acid groups (broad SMARTS) is 1. The molecule has 0 spiro atoms. The van der Waals surface area contributed by atoms with E-state index < -0.39 is 38.3 Å². The molecule has 0 saturated carbocycles. The largest absolute Gasteiger partial charge is 0.481 e. The van der Waals surface area contributed by atoms with Gasteiger partial charge in [-0.15, -0.1) is 4.91 Å². The van der Waals surface area contributed by atoms with Crippen molar-refractivity contribution >= 4 is 34.6 Å². The van der Waals surface area contributed by atoms with Crippen LogP contribution >= 0.6 is 11.9 Å². The fourth-order valence-corrected chi connectivity index (χ4v) is 6.48. The van der Waals surface area contributed by atoms with Gasteiger partial charge in [0, 0.05) is 48.7 Å². The summed E-state index contributed by atoms with van der Waals surface area (Å²) in [5.41, 5.74) is 1.42. The molecule has 1 aromatic heterocycles. The van der Waals surface area contributed by atoms with E-state index >= 15 is 0 Å². The van der Waals surface area contributed by atoms with Crippen molar-refractivity contribution in [3.63, 3.8) is 0 Å². The first-order valence-electron chi connectivity index (χ1n) is 13.0. The van der Waals surface area contributed by atoms with Crippen molar-refractivity contribution in [3.8, 4) is 0 Å². The lowest BCUT2D eigenvalue weighted by Crippen LogP contribution is -2.42. The second kappa shape index (κ2) is 13.3. The highest BCUT2D eigenvalue weighted by molar-refractivity contribution is 7.99. The molecule has 4 rings (SSSR count). The van der Waals surface area contributed by atoms with Gasteiger partial charge in [0.2, 0.25) is 10.9 Å². The minimum atomic E-state index is -1.78. The third-order valence-electron chi connectivity index (χ3n) is 6.55. The van der Waals surface area contributed by atoms with Crippen molar-refractivity contribution in [3.05, 3.63) is 106 Å². The number of aliphatic carboxylic acids is 1. The molecule has 12 heteroatoms. The molecule has 214 valence electrons. The molecule has 0 bridgehead atoms. The van der Waals surface area contributed by atoms with Crippen LogP contribution < -0.4 is 10.7 Å². The summed E-state index contributed by atoms with van der Waals surface area (Å²) < 4.78 is 16.1. The monoisotopic (exact) mass is 593 g/mol. The highest BCUT2D eigenvalue weighted by atomic mass is 32.2. The lowest BCUT2D eigenvalue weighted by Gasteiger charge is -2.32. The van der Waals surface area contributed by atoms with Crippen LogP contribution in [0.2, 0.25) is 0 Å². The summed E-state index contributed by atoms with van der Waals surface area (Å²) in [6, 6.07) is 21.6. The number of hydrogen-bond donors (Lipinski definition) is 1. The predicted octanol–water partition coefficient (Wildman–Crippen LogP) is 3.64. The van der Waals surface area contributed by atoms with Gasteiger partial charge in [-0.1, -0.05) is 48.5 Å². The molecule has 2 heterocycles. The third-order valence-corrected chi connectivity index (χ3v) is 8.88. The van der Waals surface area contributed by atoms with Gasteiger partial charge in [0.05, 0.1) is 43.6 Å². The van der Waals surface area contributed by atoms with E-state index in [2.05, 4.69) is 19.6 Å². The Morgan fingerprint density at radius 1 is 1.02 bits per heavy atom. The number of benzene rings is 2. The number of hydrogen-bond acceptors (Lipinski definition) is 9. The van der Waals surface area contributed by atoms with Gasteiger partial charge in [0.25, 0.3) is 0 Å². The summed E-state index contributed by atoms with van der Waals surface area (Å²) in [6.45, 7) is 3.98. The van der Waals surface area contributed by atoms with Gasteiger partial charge in [-0.2, -0.15) is 0 Å². The second-order valence-electron chi connectivity index (χ2n) is 10.4. The van der Waals surface area contributed by atoms with Crippen molar-refractivity contribution in [1.82, 2.24) is 9.88 Å². The summed E-state index contributed by atoms with van der Waals surface area (Å²) in [7, 11) is -1.78. The third kappa shape index (κ3) is 7.92. The van der Waals surface area contributed by atoms with Gasteiger partial charge in [-0.05, 0) is 43.7 Å². The number of rotatable bonds is 14. The van der Waals surface area contributed by atoms with Gasteiger partial charge in [0.1, 0.15) is 0 Å². The SMILES string of the molecule is CC(C)(CN(Cc1ccccc1)C(=O)CC(CC1(S(=O)Cc2ccccn2)N=c2ccccc2=N1)C(=O)O)SN=O. The molecule has 0 aliphatic carbocycles. The number of pyridine rings is 1. The number of nitroso groups, excluding NO2 is 1. The Labute approximate surface area is 244 Å². The van der Waals surface area contributed by atoms with Gasteiger partial charge < -0.3 is 10.0 Å². The molecule has 41 heavy (non-hydrogen) atoms. The lowest BCUT2D eigenvalue weighted by atomic mass is 9.98. The fourth-order valence-electron chi connectivity index (χ4n) is 4.61. The van der Waals surface area contributed by atoms with Crippen LogP contribution in [0.1, 0.15) is 37.9 Å². The average Bonchev–Trinajstić information content (AvgIpc) is 3.33. The second-order valence-corrected chi connectivity index (χ2v) is 13.4. The van der Waals surface area contributed by atoms with E-state index in [-0.39, 0.29) is 31.7 Å². The summed E-state index contributed by atoms with van der Waals surface area (Å²) in [6.07, 6.45) is 0.994. The smallest absolute Gasteiger partial charge is 0.307 e. The Hall–Kier alpha value is -3.77. The first-order valence-corrected chi connectivity index (χ1v) is 15.1. The maximum atomic E-state index is 13.8. The maximum Gasteiger partial charge on any atom is 0.307 e. The van der Waals surface area contributed by atoms with E-state index in [9.17, 15) is 23.8 Å². The van der Waals surface area contributed by atoms with Crippen LogP contribution in [0.15, 0.2) is 93.6 Å². The molecule has 3 aromatic rings. The first kappa shape index (κ1) is 30.2. The van der Waals surface area contributed by atoms with E-state index in [0.29, 0.717) is 16.4 Å². The molecular weight excluding hydrogens is 562 g/mol. The maximum absolute atomic E-state index is 13.8. The number of carbonyl (C=O) groups excluding carboxylic acids is 1. The minimum Gasteiger partial charge on any atom is -0.481 e. The van der Waals surface area contributed by atoms with Gasteiger partial charge in [-0.3, -0.25) is 18.8 Å². The highest BCUT2D eigenvalue weighted by Crippen LogP contribution is 2.33. The summed E-state index contributed by atoms with van der Waals surface area (Å²) >= 11 is 0.821. The quantitative estimate of drug-likeness (QED) is 0.222. The Kier molecular flexibility index (Phi) is 9.77. The molecule has 0 saturated heterocycles. The molecule has 2 atom stereocenters. The Morgan fingerprint density at radius 3 is 2.24 bits per heavy atom. The summed E-state index contributed by atoms with van der Waals surface area (Å²) in [5, 5.41) is 11.3. The molecule has 10 nitrogen and oxygen atoms in total. The normalized spacial score (nSPS) is 15.1. The molecular formula is C29H31N5O5S2. The van der Waals surface area contributed by atoms with Crippen molar-refractivity contribution in [1.29, 1.82) is 0 Å². The Bertz CT molecular complexity index is 1500. The predicted molar refractivity (Wildman–Crippen MR) is 157 cm³/mol. The van der Waals surface area contributed by atoms with Crippen molar-refractivity contribution in [2.24, 2.45) is 20.5 Å². The van der Waals surface area contributed by atoms with E-state index in [1.165, 1.54) is 0 Å². The van der Waals surface area contributed by atoms with Crippen molar-refractivity contribution in [2.45, 2.75) is 48.7 Å². The zero-order chi connectivity index (χ0) is 29.5. The van der Waals surface area contributed by atoms with Crippen LogP contribution in [0.5, 0.6) is 0 Å². The summed E-state index contributed by atoms with van der Waals surface area (Å²) in [4.78, 5) is 50.8. The number of amides is 1. The van der Waals surface area contributed by atoms with Crippen LogP contribution in [0.3, 0.4) is 0 Å². The van der Waals surface area contributed by atoms with Gasteiger partial charge in [-0.25, -0.2) is 9.98 Å². The fraction of sp³-hybridized carbons (Fsp3) is 0.345. The number of nitrogens with zero attached hydrogens (tertiary/aromatic N) is 5. The van der Waals surface area contributed by atoms with Crippen LogP contribution in [0, 0.1) is 10.8 Å². The molecule has 0 radical (unpaired) electrons. The van der Waals surface area contributed by atoms with Crippen LogP contribution in [0.25, 0.3) is 0 Å². The molecule has 0 fully saturated rings. The number of carbonyl (C=O) groups is 2. The van der Waals surface area contributed by atoms with Crippen molar-refractivity contribution < 1.29 is 18.9 Å². The number of fused-ring (bicyclic) bond motifs is 1. The van der Waals surface area contributed by atoms with Crippen LogP contribution in [0.4, 0.5) is 0 Å². The van der Waals surface area contributed by atoms with E-state index in [1.807, 2.05) is 30.3 Å². The highest BCUT2D eigenvalue weighted by Gasteiger charge is 2.43. The van der Waals surface area contributed by atoms with Gasteiger partial charge >= 0.3 is 5.97 Å². The zero-order valence-electron chi connectivity index (χ0n) is 22.8. The molecule has 2 unspecified atom stereocenters. The topological polar surface area (TPSA) is 142 Å². The Balaban J connectivity index is 1.63. The van der Waals surface area contributed by atoms with E-state index in [4.69, 9.17) is 0 Å². The molecule has 1 amide bonds. The summed E-state index contributed by atoms with van der Waals surface area (Å²) in [5.74, 6) is -2.83. The van der Waals surface area contributed by atoms with Crippen LogP contribution in [-0.2, 0) is 32.7 Å². The minimum absolute atomic E-state index is 0.0202. The van der Waals surface area contributed by atoms with Crippen LogP contribution in [-0.4, -0.2) is 47.4 Å². The molecule has 1 N–H and O–H groups in total. The molecule has 1 aliphatic rings. The van der Waals surface area contributed by atoms with Crippen molar-refractivity contribution in [2.75, 3.05) is 6.54 Å². The molecule has 1 aliphatic heterocycles. The number of aromatic nitrogens is 1. The average molecular weight is 594 g/mol. The first-order chi connectivity index (χ1) is 19.6. The lowest BCUT2D eigenvalue weighted by molar-refractivity contribution is -0.146. The number of para-hydroxylation sites is 2. The zero-order valence-corrected chi connectivity index (χ0v) is 24.4. The van der Waals surface area contributed by atoms with E-state index in [1.54, 1.807) is 67.4 Å². The molecule has 2 aromatic carbocycles. The number of carboxylic acids is 1. The standard InChI is InChI=1S/C29H31N5O5S2/c1-28(2,40-33-38)20-34(18-21-10-4-3-5-11-21)26(35)16-22(27(36)37)17-29(31-24-13-6-7-14-25(24)32-29)41(39)19-23-12-8-9-15-30-23/h3-15,22H,16-20H2,1-2H3,(H,36,37). The van der Waals surface area contributed by atoms with E-state index in [0.717, 1.165) is 17.5 Å². The Morgan fingerprint density at radius 2 is 1.66 bits per heavy atom.